The fraction of sp³-hybridized carbons (Fsp3) is 0.909. The number of aliphatic hydroxyl groups is 1. The number of aliphatic hydroxyl groups excluding tert-OH is 1. The summed E-state index contributed by atoms with van der Waals surface area (Å²) in [5.41, 5.74) is 0.769. The molecule has 0 spiro atoms. The van der Waals surface area contributed by atoms with E-state index in [4.69, 9.17) is 4.43 Å². The Labute approximate surface area is 155 Å². The van der Waals surface area contributed by atoms with E-state index in [-0.39, 0.29) is 6.10 Å². The number of allylic oxidation sites excluding steroid dienone is 2. The van der Waals surface area contributed by atoms with E-state index in [1.165, 1.54) is 44.3 Å². The van der Waals surface area contributed by atoms with Crippen molar-refractivity contribution < 1.29 is 9.53 Å². The van der Waals surface area contributed by atoms with Gasteiger partial charge in [0.25, 0.3) is 0 Å². The van der Waals surface area contributed by atoms with Gasteiger partial charge >= 0.3 is 0 Å². The van der Waals surface area contributed by atoms with Crippen LogP contribution in [0, 0.1) is 34.5 Å². The summed E-state index contributed by atoms with van der Waals surface area (Å²) >= 11 is 0. The second kappa shape index (κ2) is 5.86. The van der Waals surface area contributed by atoms with E-state index < -0.39 is 8.32 Å². The fourth-order valence-electron chi connectivity index (χ4n) is 7.25. The van der Waals surface area contributed by atoms with Crippen LogP contribution in [0.25, 0.3) is 0 Å². The van der Waals surface area contributed by atoms with E-state index >= 15 is 0 Å². The molecule has 0 aliphatic heterocycles. The van der Waals surface area contributed by atoms with Crippen LogP contribution in [0.3, 0.4) is 0 Å². The summed E-state index contributed by atoms with van der Waals surface area (Å²) in [6.45, 7) is 12.0. The van der Waals surface area contributed by atoms with Crippen molar-refractivity contribution in [2.75, 3.05) is 0 Å². The Balaban J connectivity index is 1.57. The van der Waals surface area contributed by atoms with Crippen molar-refractivity contribution in [2.24, 2.45) is 34.5 Å². The molecule has 0 bridgehead atoms. The van der Waals surface area contributed by atoms with Gasteiger partial charge in [0.05, 0.1) is 11.9 Å². The highest BCUT2D eigenvalue weighted by Crippen LogP contribution is 2.66. The summed E-state index contributed by atoms with van der Waals surface area (Å²) in [6.07, 6.45) is 12.4. The van der Waals surface area contributed by atoms with Crippen LogP contribution in [0.1, 0.15) is 65.2 Å². The molecule has 0 amide bonds. The van der Waals surface area contributed by atoms with Crippen molar-refractivity contribution in [1.82, 2.24) is 0 Å². The zero-order valence-corrected chi connectivity index (χ0v) is 18.0. The number of rotatable bonds is 2. The Morgan fingerprint density at radius 2 is 1.80 bits per heavy atom. The molecule has 2 nitrogen and oxygen atoms in total. The molecule has 0 aromatic rings. The summed E-state index contributed by atoms with van der Waals surface area (Å²) in [4.78, 5) is 0. The monoisotopic (exact) mass is 362 g/mol. The Kier molecular flexibility index (Phi) is 4.24. The minimum absolute atomic E-state index is 0.0339. The Morgan fingerprint density at radius 1 is 1.04 bits per heavy atom. The van der Waals surface area contributed by atoms with Gasteiger partial charge in [-0.05, 0) is 106 Å². The fourth-order valence-corrected chi connectivity index (χ4v) is 8.23. The quantitative estimate of drug-likeness (QED) is 0.635. The highest BCUT2D eigenvalue weighted by atomic mass is 28.4. The van der Waals surface area contributed by atoms with E-state index in [1.54, 1.807) is 0 Å². The van der Waals surface area contributed by atoms with Crippen LogP contribution in [-0.4, -0.2) is 19.5 Å². The molecule has 7 atom stereocenters. The lowest BCUT2D eigenvalue weighted by Gasteiger charge is -2.60. The molecule has 25 heavy (non-hydrogen) atoms. The lowest BCUT2D eigenvalue weighted by molar-refractivity contribution is -0.121. The highest BCUT2D eigenvalue weighted by molar-refractivity contribution is 6.70. The summed E-state index contributed by atoms with van der Waals surface area (Å²) in [6, 6.07) is 0. The van der Waals surface area contributed by atoms with Crippen molar-refractivity contribution in [3.8, 4) is 0 Å². The first-order valence-corrected chi connectivity index (χ1v) is 14.1. The van der Waals surface area contributed by atoms with Crippen LogP contribution in [0.15, 0.2) is 11.8 Å². The molecular weight excluding hydrogens is 324 g/mol. The largest absolute Gasteiger partial charge is 0.547 e. The van der Waals surface area contributed by atoms with Crippen LogP contribution in [0.5, 0.6) is 0 Å². The molecule has 3 fully saturated rings. The van der Waals surface area contributed by atoms with Gasteiger partial charge in [-0.3, -0.25) is 0 Å². The zero-order chi connectivity index (χ0) is 18.0. The Hall–Kier alpha value is -0.283. The maximum atomic E-state index is 10.2. The van der Waals surface area contributed by atoms with Crippen molar-refractivity contribution >= 4 is 8.32 Å². The van der Waals surface area contributed by atoms with Gasteiger partial charge in [0.1, 0.15) is 0 Å². The van der Waals surface area contributed by atoms with E-state index in [9.17, 15) is 5.11 Å². The molecule has 2 unspecified atom stereocenters. The zero-order valence-electron chi connectivity index (χ0n) is 17.0. The predicted octanol–water partition coefficient (Wildman–Crippen LogP) is 5.74. The van der Waals surface area contributed by atoms with Gasteiger partial charge in [-0.25, -0.2) is 0 Å². The molecule has 4 aliphatic carbocycles. The van der Waals surface area contributed by atoms with E-state index in [1.807, 2.05) is 0 Å². The second-order valence-electron chi connectivity index (χ2n) is 11.1. The Morgan fingerprint density at radius 3 is 2.52 bits per heavy atom. The molecular formula is C22H38O2Si. The number of fused-ring (bicyclic) bond motifs is 5. The third-order valence-corrected chi connectivity index (χ3v) is 9.40. The summed E-state index contributed by atoms with van der Waals surface area (Å²) in [7, 11) is -1.54. The molecule has 0 heterocycles. The lowest BCUT2D eigenvalue weighted by Crippen LogP contribution is -2.53. The van der Waals surface area contributed by atoms with Crippen LogP contribution in [0.2, 0.25) is 19.6 Å². The molecule has 0 aromatic carbocycles. The van der Waals surface area contributed by atoms with E-state index in [0.717, 1.165) is 36.5 Å². The SMILES string of the molecule is C[C@]12CCC3C(CC[C@@H]4C[C@@H](O)CC[C@]34C)[C@@H]1CC=C2O[Si](C)(C)C. The Bertz CT molecular complexity index is 565. The van der Waals surface area contributed by atoms with Gasteiger partial charge in [0.15, 0.2) is 0 Å². The van der Waals surface area contributed by atoms with Crippen LogP contribution < -0.4 is 0 Å². The molecule has 142 valence electrons. The molecule has 0 radical (unpaired) electrons. The van der Waals surface area contributed by atoms with Gasteiger partial charge < -0.3 is 9.53 Å². The first-order chi connectivity index (χ1) is 11.6. The summed E-state index contributed by atoms with van der Waals surface area (Å²) in [5, 5.41) is 10.2. The van der Waals surface area contributed by atoms with E-state index in [0.29, 0.717) is 10.8 Å². The minimum Gasteiger partial charge on any atom is -0.547 e. The van der Waals surface area contributed by atoms with Gasteiger partial charge in [0, 0.05) is 5.41 Å². The second-order valence-corrected chi connectivity index (χ2v) is 15.5. The number of hydrogen-bond donors (Lipinski definition) is 1. The molecule has 1 N–H and O–H groups in total. The van der Waals surface area contributed by atoms with E-state index in [2.05, 4.69) is 39.6 Å². The third-order valence-electron chi connectivity index (χ3n) is 8.56. The van der Waals surface area contributed by atoms with Crippen LogP contribution in [0.4, 0.5) is 0 Å². The maximum absolute atomic E-state index is 10.2. The van der Waals surface area contributed by atoms with Gasteiger partial charge in [0.2, 0.25) is 8.32 Å². The summed E-state index contributed by atoms with van der Waals surface area (Å²) < 4.78 is 6.56. The van der Waals surface area contributed by atoms with Crippen molar-refractivity contribution in [3.63, 3.8) is 0 Å². The maximum Gasteiger partial charge on any atom is 0.241 e. The molecule has 4 rings (SSSR count). The van der Waals surface area contributed by atoms with Crippen molar-refractivity contribution in [2.45, 2.75) is 91.0 Å². The van der Waals surface area contributed by atoms with Gasteiger partial charge in [-0.1, -0.05) is 13.8 Å². The average molecular weight is 363 g/mol. The van der Waals surface area contributed by atoms with Gasteiger partial charge in [-0.2, -0.15) is 0 Å². The standard InChI is InChI=1S/C22H38O2Si/c1-21-12-10-16(23)14-15(21)6-7-17-18-8-9-20(24-25(3,4)5)22(18,2)13-11-19(17)21/h9,15-19,23H,6-8,10-14H2,1-5H3/t15-,16+,17?,18+,19?,21+,22+/m1/s1. The molecule has 0 saturated heterocycles. The first kappa shape index (κ1) is 18.1. The number of hydrogen-bond acceptors (Lipinski definition) is 2. The van der Waals surface area contributed by atoms with Crippen LogP contribution >= 0.6 is 0 Å². The normalized spacial score (nSPS) is 49.7. The summed E-state index contributed by atoms with van der Waals surface area (Å²) in [5.74, 6) is 4.64. The topological polar surface area (TPSA) is 29.5 Å². The third kappa shape index (κ3) is 2.84. The van der Waals surface area contributed by atoms with Crippen molar-refractivity contribution in [3.05, 3.63) is 11.8 Å². The first-order valence-electron chi connectivity index (χ1n) is 10.7. The minimum atomic E-state index is -1.54. The lowest BCUT2D eigenvalue weighted by atomic mass is 9.45. The predicted molar refractivity (Wildman–Crippen MR) is 106 cm³/mol. The average Bonchev–Trinajstić information content (AvgIpc) is 2.83. The molecule has 3 saturated carbocycles. The molecule has 4 aliphatic rings. The smallest absolute Gasteiger partial charge is 0.241 e. The molecule has 0 aromatic heterocycles. The van der Waals surface area contributed by atoms with Gasteiger partial charge in [-0.15, -0.1) is 0 Å². The highest BCUT2D eigenvalue weighted by Gasteiger charge is 2.59. The molecule has 3 heteroatoms. The van der Waals surface area contributed by atoms with Crippen LogP contribution in [-0.2, 0) is 4.43 Å². The van der Waals surface area contributed by atoms with Crippen molar-refractivity contribution in [1.29, 1.82) is 0 Å².